The fourth-order valence-corrected chi connectivity index (χ4v) is 2.75. The second-order valence-corrected chi connectivity index (χ2v) is 5.39. The molecule has 0 saturated heterocycles. The highest BCUT2D eigenvalue weighted by molar-refractivity contribution is 5.92. The van der Waals surface area contributed by atoms with E-state index in [0.717, 1.165) is 23.4 Å². The molecule has 0 bridgehead atoms. The Balaban J connectivity index is 1.85. The van der Waals surface area contributed by atoms with Crippen molar-refractivity contribution in [3.05, 3.63) is 40.7 Å². The normalized spacial score (nSPS) is 13.7. The van der Waals surface area contributed by atoms with Crippen molar-refractivity contribution in [3.63, 3.8) is 0 Å². The van der Waals surface area contributed by atoms with E-state index in [1.54, 1.807) is 20.3 Å². The highest BCUT2D eigenvalue weighted by Crippen LogP contribution is 2.33. The van der Waals surface area contributed by atoms with Crippen molar-refractivity contribution in [2.45, 2.75) is 19.9 Å². The fraction of sp³-hybridized carbons (Fsp3) is 0.375. The predicted octanol–water partition coefficient (Wildman–Crippen LogP) is 1.93. The van der Waals surface area contributed by atoms with Gasteiger partial charge in [0.05, 0.1) is 14.2 Å². The molecule has 0 atom stereocenters. The Morgan fingerprint density at radius 1 is 1.18 bits per heavy atom. The van der Waals surface area contributed by atoms with E-state index in [1.807, 2.05) is 24.0 Å². The lowest BCUT2D eigenvalue weighted by atomic mass is 9.98. The van der Waals surface area contributed by atoms with Crippen LogP contribution in [0.15, 0.2) is 18.2 Å². The zero-order valence-electron chi connectivity index (χ0n) is 13.0. The van der Waals surface area contributed by atoms with Crippen LogP contribution in [0.2, 0.25) is 0 Å². The first kappa shape index (κ1) is 14.4. The number of aromatic amines is 1. The molecular weight excluding hydrogens is 282 g/mol. The minimum Gasteiger partial charge on any atom is -0.493 e. The molecule has 0 unspecified atom stereocenters. The maximum absolute atomic E-state index is 12.5. The third kappa shape index (κ3) is 2.52. The van der Waals surface area contributed by atoms with Crippen molar-refractivity contribution in [2.24, 2.45) is 0 Å². The number of ether oxygens (including phenoxy) is 2. The molecule has 2 heterocycles. The third-order valence-electron chi connectivity index (χ3n) is 3.93. The number of aromatic nitrogens is 2. The Hall–Kier alpha value is -2.50. The van der Waals surface area contributed by atoms with Gasteiger partial charge in [0.25, 0.3) is 5.91 Å². The topological polar surface area (TPSA) is 67.5 Å². The molecule has 22 heavy (non-hydrogen) atoms. The zero-order chi connectivity index (χ0) is 15.7. The number of H-pyrrole nitrogens is 1. The largest absolute Gasteiger partial charge is 0.493 e. The molecule has 1 aliphatic heterocycles. The number of amides is 1. The van der Waals surface area contributed by atoms with Crippen LogP contribution in [0.1, 0.15) is 27.3 Å². The van der Waals surface area contributed by atoms with E-state index in [4.69, 9.17) is 9.47 Å². The molecule has 116 valence electrons. The summed E-state index contributed by atoms with van der Waals surface area (Å²) in [7, 11) is 3.24. The molecule has 0 fully saturated rings. The molecule has 1 aliphatic rings. The predicted molar refractivity (Wildman–Crippen MR) is 81.3 cm³/mol. The number of aryl methyl sites for hydroxylation is 1. The SMILES string of the molecule is COc1cc2c(cc1OC)CN(C(=O)c1cc(C)[nH]n1)CC2. The number of rotatable bonds is 3. The number of fused-ring (bicyclic) bond motifs is 1. The number of carbonyl (C=O) groups is 1. The number of methoxy groups -OCH3 is 2. The van der Waals surface area contributed by atoms with Gasteiger partial charge in [0.2, 0.25) is 0 Å². The minimum atomic E-state index is -0.0511. The molecule has 1 aromatic carbocycles. The van der Waals surface area contributed by atoms with E-state index in [0.29, 0.717) is 24.5 Å². The summed E-state index contributed by atoms with van der Waals surface area (Å²) in [5, 5.41) is 6.85. The first-order chi connectivity index (χ1) is 10.6. The van der Waals surface area contributed by atoms with Crippen LogP contribution in [0.4, 0.5) is 0 Å². The van der Waals surface area contributed by atoms with Gasteiger partial charge in [-0.25, -0.2) is 0 Å². The molecule has 1 amide bonds. The van der Waals surface area contributed by atoms with Crippen LogP contribution in [-0.2, 0) is 13.0 Å². The third-order valence-corrected chi connectivity index (χ3v) is 3.93. The number of carbonyl (C=O) groups excluding carboxylic acids is 1. The monoisotopic (exact) mass is 301 g/mol. The van der Waals surface area contributed by atoms with E-state index in [-0.39, 0.29) is 5.91 Å². The van der Waals surface area contributed by atoms with Crippen LogP contribution in [0.3, 0.4) is 0 Å². The molecule has 0 saturated carbocycles. The Kier molecular flexibility index (Phi) is 3.75. The Morgan fingerprint density at radius 3 is 2.45 bits per heavy atom. The van der Waals surface area contributed by atoms with Gasteiger partial charge >= 0.3 is 0 Å². The molecule has 3 rings (SSSR count). The van der Waals surface area contributed by atoms with Gasteiger partial charge in [-0.3, -0.25) is 9.89 Å². The summed E-state index contributed by atoms with van der Waals surface area (Å²) >= 11 is 0. The molecule has 0 aliphatic carbocycles. The Morgan fingerprint density at radius 2 is 1.86 bits per heavy atom. The number of benzene rings is 1. The summed E-state index contributed by atoms with van der Waals surface area (Å²) in [4.78, 5) is 14.3. The van der Waals surface area contributed by atoms with Gasteiger partial charge in [-0.2, -0.15) is 5.10 Å². The standard InChI is InChI=1S/C16H19N3O3/c1-10-6-13(18-17-10)16(20)19-5-4-11-7-14(21-2)15(22-3)8-12(11)9-19/h6-8H,4-5,9H2,1-3H3,(H,17,18). The van der Waals surface area contributed by atoms with Crippen molar-refractivity contribution < 1.29 is 14.3 Å². The molecular formula is C16H19N3O3. The fourth-order valence-electron chi connectivity index (χ4n) is 2.75. The molecule has 1 aromatic heterocycles. The number of hydrogen-bond acceptors (Lipinski definition) is 4. The second kappa shape index (κ2) is 5.71. The number of nitrogens with zero attached hydrogens (tertiary/aromatic N) is 2. The lowest BCUT2D eigenvalue weighted by Gasteiger charge is -2.29. The van der Waals surface area contributed by atoms with Crippen LogP contribution >= 0.6 is 0 Å². The number of hydrogen-bond donors (Lipinski definition) is 1. The average molecular weight is 301 g/mol. The van der Waals surface area contributed by atoms with E-state index in [9.17, 15) is 4.79 Å². The highest BCUT2D eigenvalue weighted by Gasteiger charge is 2.24. The lowest BCUT2D eigenvalue weighted by Crippen LogP contribution is -2.36. The first-order valence-electron chi connectivity index (χ1n) is 7.17. The maximum Gasteiger partial charge on any atom is 0.274 e. The second-order valence-electron chi connectivity index (χ2n) is 5.39. The van der Waals surface area contributed by atoms with Gasteiger partial charge in [-0.05, 0) is 42.7 Å². The van der Waals surface area contributed by atoms with E-state index < -0.39 is 0 Å². The smallest absolute Gasteiger partial charge is 0.274 e. The molecule has 2 aromatic rings. The summed E-state index contributed by atoms with van der Waals surface area (Å²) < 4.78 is 10.7. The van der Waals surface area contributed by atoms with E-state index in [1.165, 1.54) is 5.56 Å². The van der Waals surface area contributed by atoms with E-state index in [2.05, 4.69) is 10.2 Å². The van der Waals surface area contributed by atoms with Crippen molar-refractivity contribution in [1.82, 2.24) is 15.1 Å². The van der Waals surface area contributed by atoms with Crippen LogP contribution in [0, 0.1) is 6.92 Å². The molecule has 1 N–H and O–H groups in total. The van der Waals surface area contributed by atoms with Crippen LogP contribution < -0.4 is 9.47 Å². The quantitative estimate of drug-likeness (QED) is 0.940. The summed E-state index contributed by atoms with van der Waals surface area (Å²) in [5.74, 6) is 1.36. The molecule has 6 nitrogen and oxygen atoms in total. The average Bonchev–Trinajstić information content (AvgIpc) is 2.98. The van der Waals surface area contributed by atoms with Gasteiger partial charge in [0.15, 0.2) is 11.5 Å². The van der Waals surface area contributed by atoms with Crippen molar-refractivity contribution in [1.29, 1.82) is 0 Å². The van der Waals surface area contributed by atoms with Gasteiger partial charge < -0.3 is 14.4 Å². The van der Waals surface area contributed by atoms with Crippen LogP contribution in [0.5, 0.6) is 11.5 Å². The Labute approximate surface area is 129 Å². The van der Waals surface area contributed by atoms with Gasteiger partial charge in [-0.15, -0.1) is 0 Å². The summed E-state index contributed by atoms with van der Waals surface area (Å²) in [5.41, 5.74) is 3.62. The molecule has 0 spiro atoms. The van der Waals surface area contributed by atoms with Crippen molar-refractivity contribution in [2.75, 3.05) is 20.8 Å². The summed E-state index contributed by atoms with van der Waals surface area (Å²) in [6, 6.07) is 5.71. The Bertz CT molecular complexity index is 709. The highest BCUT2D eigenvalue weighted by atomic mass is 16.5. The first-order valence-corrected chi connectivity index (χ1v) is 7.17. The van der Waals surface area contributed by atoms with Crippen molar-refractivity contribution in [3.8, 4) is 11.5 Å². The summed E-state index contributed by atoms with van der Waals surface area (Å²) in [6.07, 6.45) is 0.796. The molecule has 0 radical (unpaired) electrons. The van der Waals surface area contributed by atoms with Crippen LogP contribution in [-0.4, -0.2) is 41.8 Å². The number of nitrogens with one attached hydrogen (secondary N) is 1. The van der Waals surface area contributed by atoms with Gasteiger partial charge in [0, 0.05) is 18.8 Å². The van der Waals surface area contributed by atoms with Crippen molar-refractivity contribution >= 4 is 5.91 Å². The minimum absolute atomic E-state index is 0.0511. The van der Waals surface area contributed by atoms with Gasteiger partial charge in [-0.1, -0.05) is 0 Å². The van der Waals surface area contributed by atoms with Crippen LogP contribution in [0.25, 0.3) is 0 Å². The van der Waals surface area contributed by atoms with Gasteiger partial charge in [0.1, 0.15) is 5.69 Å². The maximum atomic E-state index is 12.5. The molecule has 6 heteroatoms. The summed E-state index contributed by atoms with van der Waals surface area (Å²) in [6.45, 7) is 3.11. The van der Waals surface area contributed by atoms with E-state index >= 15 is 0 Å². The lowest BCUT2D eigenvalue weighted by molar-refractivity contribution is 0.0728. The zero-order valence-corrected chi connectivity index (χ0v) is 13.0.